The fourth-order valence-corrected chi connectivity index (χ4v) is 8.42. The minimum Gasteiger partial charge on any atom is -0.294 e. The smallest absolute Gasteiger partial charge is 0.183 e. The molecule has 0 bridgehead atoms. The van der Waals surface area contributed by atoms with Gasteiger partial charge in [-0.3, -0.25) is 4.79 Å². The second-order valence-electron chi connectivity index (χ2n) is 8.81. The average molecular weight is 429 g/mol. The van der Waals surface area contributed by atoms with E-state index in [9.17, 15) is 13.2 Å². The normalized spacial score (nSPS) is 27.3. The number of benzene rings is 3. The summed E-state index contributed by atoms with van der Waals surface area (Å²) in [6, 6.07) is 26.3. The quantitative estimate of drug-likeness (QED) is 0.577. The number of hydrogen-bond acceptors (Lipinski definition) is 3. The minimum absolute atomic E-state index is 0.0732. The van der Waals surface area contributed by atoms with Crippen molar-refractivity contribution in [2.45, 2.75) is 36.3 Å². The number of Topliss-reactive ketones (excluding diaryl/α,β-unsaturated/α-hetero) is 1. The van der Waals surface area contributed by atoms with Gasteiger partial charge in [0.2, 0.25) is 0 Å². The van der Waals surface area contributed by atoms with Gasteiger partial charge in [0.05, 0.1) is 21.0 Å². The van der Waals surface area contributed by atoms with Crippen LogP contribution in [0.5, 0.6) is 0 Å². The molecule has 3 unspecified atom stereocenters. The number of carbonyl (C=O) groups is 1. The maximum atomic E-state index is 14.0. The first-order valence-corrected chi connectivity index (χ1v) is 12.0. The molecule has 0 N–H and O–H groups in total. The predicted octanol–water partition coefficient (Wildman–Crippen LogP) is 5.15. The molecule has 0 saturated heterocycles. The van der Waals surface area contributed by atoms with Gasteiger partial charge in [0.15, 0.2) is 15.6 Å². The van der Waals surface area contributed by atoms with Gasteiger partial charge in [0, 0.05) is 0 Å². The first kappa shape index (κ1) is 20.0. The van der Waals surface area contributed by atoms with Crippen molar-refractivity contribution in [3.8, 4) is 0 Å². The lowest BCUT2D eigenvalue weighted by Gasteiger charge is -2.22. The second kappa shape index (κ2) is 6.51. The molecule has 1 saturated carbocycles. The number of rotatable bonds is 4. The van der Waals surface area contributed by atoms with Crippen molar-refractivity contribution in [1.82, 2.24) is 0 Å². The van der Waals surface area contributed by atoms with Gasteiger partial charge in [0.25, 0.3) is 0 Å². The Morgan fingerprint density at radius 2 is 1.32 bits per heavy atom. The van der Waals surface area contributed by atoms with Crippen LogP contribution in [0.4, 0.5) is 0 Å². The zero-order valence-electron chi connectivity index (χ0n) is 17.8. The van der Waals surface area contributed by atoms with E-state index >= 15 is 0 Å². The van der Waals surface area contributed by atoms with Gasteiger partial charge in [-0.15, -0.1) is 0 Å². The molecule has 156 valence electrons. The zero-order chi connectivity index (χ0) is 22.0. The van der Waals surface area contributed by atoms with E-state index in [4.69, 9.17) is 0 Å². The number of fused-ring (bicyclic) bond motifs is 1. The van der Waals surface area contributed by atoms with Crippen LogP contribution >= 0.6 is 0 Å². The van der Waals surface area contributed by atoms with Crippen molar-refractivity contribution in [3.63, 3.8) is 0 Å². The van der Waals surface area contributed by atoms with E-state index < -0.39 is 25.9 Å². The summed E-state index contributed by atoms with van der Waals surface area (Å²) in [5, 5.41) is -0.844. The lowest BCUT2D eigenvalue weighted by molar-refractivity contribution is -0.119. The fourth-order valence-electron chi connectivity index (χ4n) is 5.82. The third-order valence-corrected chi connectivity index (χ3v) is 9.56. The van der Waals surface area contributed by atoms with Crippen LogP contribution < -0.4 is 0 Å². The Kier molecular flexibility index (Phi) is 4.19. The molecule has 0 amide bonds. The van der Waals surface area contributed by atoms with Crippen LogP contribution in [0.2, 0.25) is 0 Å². The van der Waals surface area contributed by atoms with Crippen molar-refractivity contribution in [3.05, 3.63) is 107 Å². The maximum Gasteiger partial charge on any atom is 0.183 e. The zero-order valence-corrected chi connectivity index (χ0v) is 18.6. The Morgan fingerprint density at radius 1 is 0.774 bits per heavy atom. The summed E-state index contributed by atoms with van der Waals surface area (Å²) < 4.78 is 27.9. The summed E-state index contributed by atoms with van der Waals surface area (Å²) in [4.78, 5) is 13.9. The lowest BCUT2D eigenvalue weighted by Crippen LogP contribution is -2.23. The molecule has 3 nitrogen and oxygen atoms in total. The first-order chi connectivity index (χ1) is 14.8. The van der Waals surface area contributed by atoms with Crippen molar-refractivity contribution < 1.29 is 13.2 Å². The Bertz CT molecular complexity index is 1320. The number of hydrogen-bond donors (Lipinski definition) is 0. The second-order valence-corrected chi connectivity index (χ2v) is 10.8. The number of carbonyl (C=O) groups excluding carboxylic acids is 1. The number of sulfone groups is 1. The Balaban J connectivity index is 1.81. The van der Waals surface area contributed by atoms with Gasteiger partial charge in [-0.1, -0.05) is 78.4 Å². The van der Waals surface area contributed by atoms with Gasteiger partial charge < -0.3 is 0 Å². The Morgan fingerprint density at radius 3 is 1.90 bits per heavy atom. The number of ketones is 1. The highest BCUT2D eigenvalue weighted by Gasteiger charge is 2.87. The van der Waals surface area contributed by atoms with Crippen LogP contribution in [-0.2, 0) is 20.0 Å². The third kappa shape index (κ3) is 2.40. The maximum absolute atomic E-state index is 14.0. The highest BCUT2D eigenvalue weighted by Crippen LogP contribution is 2.78. The van der Waals surface area contributed by atoms with Gasteiger partial charge in [-0.25, -0.2) is 8.42 Å². The predicted molar refractivity (Wildman–Crippen MR) is 122 cm³/mol. The molecule has 2 aliphatic carbocycles. The monoisotopic (exact) mass is 428 g/mol. The molecule has 0 aromatic heterocycles. The highest BCUT2D eigenvalue weighted by molar-refractivity contribution is 7.92. The van der Waals surface area contributed by atoms with Gasteiger partial charge in [-0.2, -0.15) is 0 Å². The van der Waals surface area contributed by atoms with E-state index in [1.807, 2.05) is 93.6 Å². The lowest BCUT2D eigenvalue weighted by atomic mass is 9.81. The van der Waals surface area contributed by atoms with E-state index in [-0.39, 0.29) is 10.7 Å². The van der Waals surface area contributed by atoms with E-state index in [1.54, 1.807) is 12.1 Å². The standard InChI is InChI=1S/C27H24O3S/c1-18-14-16-22(17-15-18)31(29,30)25-26(3)24(28)19(2)23(20-10-6-4-7-11-20)27(25,26)21-12-8-5-9-13-21/h4-17,25H,1-3H3. The van der Waals surface area contributed by atoms with Crippen LogP contribution in [0.15, 0.2) is 95.4 Å². The van der Waals surface area contributed by atoms with Gasteiger partial charge in [-0.05, 0) is 55.2 Å². The molecule has 5 rings (SSSR count). The van der Waals surface area contributed by atoms with Crippen LogP contribution in [0.3, 0.4) is 0 Å². The SMILES string of the molecule is CC1=C(c2ccccc2)C2(c3ccccc3)C(S(=O)(=O)c3ccc(C)cc3)C2(C)C1=O. The summed E-state index contributed by atoms with van der Waals surface area (Å²) >= 11 is 0. The summed E-state index contributed by atoms with van der Waals surface area (Å²) in [5.74, 6) is -0.0732. The molecule has 4 heteroatoms. The fraction of sp³-hybridized carbons (Fsp3) is 0.222. The van der Waals surface area contributed by atoms with E-state index in [2.05, 4.69) is 0 Å². The van der Waals surface area contributed by atoms with E-state index in [1.165, 1.54) is 0 Å². The third-order valence-electron chi connectivity index (χ3n) is 7.19. The van der Waals surface area contributed by atoms with Crippen molar-refractivity contribution >= 4 is 21.2 Å². The molecule has 0 radical (unpaired) electrons. The molecule has 2 aliphatic rings. The number of allylic oxidation sites excluding steroid dienone is 2. The molecule has 3 atom stereocenters. The molecule has 31 heavy (non-hydrogen) atoms. The van der Waals surface area contributed by atoms with Gasteiger partial charge >= 0.3 is 0 Å². The van der Waals surface area contributed by atoms with Crippen molar-refractivity contribution in [1.29, 1.82) is 0 Å². The summed E-state index contributed by atoms with van der Waals surface area (Å²) in [6.07, 6.45) is 0. The topological polar surface area (TPSA) is 51.2 Å². The minimum atomic E-state index is -3.76. The molecule has 1 fully saturated rings. The van der Waals surface area contributed by atoms with Crippen LogP contribution in [0.25, 0.3) is 5.57 Å². The van der Waals surface area contributed by atoms with Crippen molar-refractivity contribution in [2.24, 2.45) is 5.41 Å². The van der Waals surface area contributed by atoms with E-state index in [0.29, 0.717) is 5.57 Å². The Labute approximate surface area is 183 Å². The van der Waals surface area contributed by atoms with Gasteiger partial charge in [0.1, 0.15) is 0 Å². The summed E-state index contributed by atoms with van der Waals surface area (Å²) in [6.45, 7) is 5.60. The first-order valence-electron chi connectivity index (χ1n) is 10.4. The molecule has 0 aliphatic heterocycles. The molecular formula is C27H24O3S. The van der Waals surface area contributed by atoms with Crippen LogP contribution in [-0.4, -0.2) is 19.5 Å². The van der Waals surface area contributed by atoms with E-state index in [0.717, 1.165) is 22.3 Å². The number of aryl methyl sites for hydroxylation is 1. The summed E-state index contributed by atoms with van der Waals surface area (Å²) in [7, 11) is -3.76. The van der Waals surface area contributed by atoms with Crippen molar-refractivity contribution in [2.75, 3.05) is 0 Å². The molecular weight excluding hydrogens is 404 g/mol. The molecule has 0 spiro atoms. The highest BCUT2D eigenvalue weighted by atomic mass is 32.2. The average Bonchev–Trinajstić information content (AvgIpc) is 3.31. The largest absolute Gasteiger partial charge is 0.294 e. The Hall–Kier alpha value is -2.98. The van der Waals surface area contributed by atoms with Crippen LogP contribution in [0.1, 0.15) is 30.5 Å². The molecule has 3 aromatic carbocycles. The molecule has 3 aromatic rings. The summed E-state index contributed by atoms with van der Waals surface area (Å²) in [5.41, 5.74) is 2.34. The molecule has 0 heterocycles. The van der Waals surface area contributed by atoms with Crippen LogP contribution in [0, 0.1) is 12.3 Å².